The molecule has 1 aliphatic heterocycles. The van der Waals surface area contributed by atoms with E-state index >= 15 is 0 Å². The minimum Gasteiger partial charge on any atom is -0.439 e. The van der Waals surface area contributed by atoms with Gasteiger partial charge >= 0.3 is 0 Å². The second-order valence-electron chi connectivity index (χ2n) is 7.10. The molecule has 0 spiro atoms. The van der Waals surface area contributed by atoms with Crippen LogP contribution < -0.4 is 4.74 Å². The summed E-state index contributed by atoms with van der Waals surface area (Å²) in [4.78, 5) is 11.7. The van der Waals surface area contributed by atoms with Crippen molar-refractivity contribution in [3.8, 4) is 22.9 Å². The molecule has 0 aliphatic carbocycles. The van der Waals surface area contributed by atoms with E-state index in [0.29, 0.717) is 5.88 Å². The van der Waals surface area contributed by atoms with Gasteiger partial charge < -0.3 is 4.74 Å². The summed E-state index contributed by atoms with van der Waals surface area (Å²) in [5.74, 6) is 1.31. The van der Waals surface area contributed by atoms with E-state index in [9.17, 15) is 0 Å². The Hall–Kier alpha value is -3.25. The number of benzene rings is 1. The first-order valence-electron chi connectivity index (χ1n) is 9.59. The Morgan fingerprint density at radius 1 is 1.00 bits per heavy atom. The van der Waals surface area contributed by atoms with Crippen molar-refractivity contribution in [2.75, 3.05) is 13.1 Å². The number of aromatic nitrogens is 4. The zero-order valence-electron chi connectivity index (χ0n) is 15.5. The van der Waals surface area contributed by atoms with Crippen molar-refractivity contribution in [3.05, 3.63) is 66.6 Å². The molecule has 1 fully saturated rings. The van der Waals surface area contributed by atoms with Gasteiger partial charge in [-0.05, 0) is 62.3 Å². The van der Waals surface area contributed by atoms with Gasteiger partial charge in [0.25, 0.3) is 0 Å². The van der Waals surface area contributed by atoms with Gasteiger partial charge in [-0.15, -0.1) is 0 Å². The summed E-state index contributed by atoms with van der Waals surface area (Å²) in [5, 5.41) is 7.96. The molecule has 1 aliphatic rings. The Labute approximate surface area is 163 Å². The highest BCUT2D eigenvalue weighted by Gasteiger charge is 2.12. The van der Waals surface area contributed by atoms with Crippen molar-refractivity contribution >= 4 is 10.9 Å². The summed E-state index contributed by atoms with van der Waals surface area (Å²) in [6.45, 7) is 3.29. The fourth-order valence-corrected chi connectivity index (χ4v) is 3.60. The largest absolute Gasteiger partial charge is 0.439 e. The lowest BCUT2D eigenvalue weighted by atomic mass is 10.2. The Morgan fingerprint density at radius 3 is 2.71 bits per heavy atom. The van der Waals surface area contributed by atoms with Crippen LogP contribution in [0.1, 0.15) is 18.5 Å². The van der Waals surface area contributed by atoms with E-state index in [1.165, 1.54) is 25.9 Å². The molecule has 0 amide bonds. The molecule has 1 aromatic carbocycles. The quantitative estimate of drug-likeness (QED) is 0.563. The maximum atomic E-state index is 5.92. The number of nitrogens with one attached hydrogen (secondary N) is 1. The molecule has 6 heteroatoms. The van der Waals surface area contributed by atoms with E-state index in [-0.39, 0.29) is 0 Å². The highest BCUT2D eigenvalue weighted by molar-refractivity contribution is 5.80. The van der Waals surface area contributed by atoms with E-state index in [2.05, 4.69) is 32.2 Å². The van der Waals surface area contributed by atoms with Crippen LogP contribution in [0.4, 0.5) is 0 Å². The molecule has 5 rings (SSSR count). The minimum absolute atomic E-state index is 0.557. The molecule has 4 heterocycles. The Balaban J connectivity index is 1.32. The molecule has 6 nitrogen and oxygen atoms in total. The molecule has 4 aromatic rings. The number of H-pyrrole nitrogens is 1. The third kappa shape index (κ3) is 3.59. The zero-order valence-corrected chi connectivity index (χ0v) is 15.5. The number of aromatic amines is 1. The highest BCUT2D eigenvalue weighted by Crippen LogP contribution is 2.26. The van der Waals surface area contributed by atoms with Gasteiger partial charge in [0.2, 0.25) is 5.88 Å². The first kappa shape index (κ1) is 16.9. The normalized spacial score (nSPS) is 14.6. The van der Waals surface area contributed by atoms with Crippen LogP contribution >= 0.6 is 0 Å². The van der Waals surface area contributed by atoms with Crippen molar-refractivity contribution in [1.82, 2.24) is 25.1 Å². The van der Waals surface area contributed by atoms with Crippen LogP contribution in [-0.2, 0) is 6.54 Å². The molecule has 28 heavy (non-hydrogen) atoms. The Kier molecular flexibility index (Phi) is 4.47. The first-order valence-corrected chi connectivity index (χ1v) is 9.59. The van der Waals surface area contributed by atoms with E-state index in [0.717, 1.165) is 40.1 Å². The molecule has 0 radical (unpaired) electrons. The third-order valence-corrected chi connectivity index (χ3v) is 5.07. The van der Waals surface area contributed by atoms with Gasteiger partial charge in [0.05, 0.1) is 16.9 Å². The summed E-state index contributed by atoms with van der Waals surface area (Å²) in [5.41, 5.74) is 4.02. The molecule has 0 atom stereocenters. The van der Waals surface area contributed by atoms with Gasteiger partial charge in [0.15, 0.2) is 0 Å². The van der Waals surface area contributed by atoms with E-state index in [1.54, 1.807) is 12.4 Å². The summed E-state index contributed by atoms with van der Waals surface area (Å²) < 4.78 is 5.92. The van der Waals surface area contributed by atoms with E-state index in [4.69, 9.17) is 9.72 Å². The Morgan fingerprint density at radius 2 is 1.93 bits per heavy atom. The predicted octanol–water partition coefficient (Wildman–Crippen LogP) is 4.41. The molecule has 1 saturated heterocycles. The van der Waals surface area contributed by atoms with Crippen molar-refractivity contribution in [3.63, 3.8) is 0 Å². The molecule has 0 unspecified atom stereocenters. The first-order chi connectivity index (χ1) is 13.8. The fourth-order valence-electron chi connectivity index (χ4n) is 3.60. The van der Waals surface area contributed by atoms with Crippen molar-refractivity contribution < 1.29 is 4.74 Å². The van der Waals surface area contributed by atoms with Crippen LogP contribution in [0.15, 0.2) is 60.9 Å². The molecule has 0 saturated carbocycles. The standard InChI is InChI=1S/C22H21N5O/c1-2-12-27(11-1)15-18-5-3-16-13-19(6-7-20(16)25-18)28-22-8-4-17(14-23-22)21-9-10-24-26-21/h3-10,13-14H,1-2,11-12,15H2,(H,24,26). The van der Waals surface area contributed by atoms with Gasteiger partial charge in [-0.2, -0.15) is 5.10 Å². The van der Waals surface area contributed by atoms with Gasteiger partial charge in [0, 0.05) is 36.0 Å². The molecular weight excluding hydrogens is 350 g/mol. The molecule has 3 aromatic heterocycles. The fraction of sp³-hybridized carbons (Fsp3) is 0.227. The number of rotatable bonds is 5. The number of fused-ring (bicyclic) bond motifs is 1. The van der Waals surface area contributed by atoms with Crippen LogP contribution in [-0.4, -0.2) is 38.2 Å². The maximum Gasteiger partial charge on any atom is 0.219 e. The molecule has 0 bridgehead atoms. The minimum atomic E-state index is 0.557. The van der Waals surface area contributed by atoms with E-state index in [1.807, 2.05) is 36.4 Å². The maximum absolute atomic E-state index is 5.92. The molecule has 1 N–H and O–H groups in total. The number of hydrogen-bond donors (Lipinski definition) is 1. The number of ether oxygens (including phenoxy) is 1. The summed E-state index contributed by atoms with van der Waals surface area (Å²) >= 11 is 0. The van der Waals surface area contributed by atoms with Crippen LogP contribution in [0.25, 0.3) is 22.2 Å². The van der Waals surface area contributed by atoms with Crippen molar-refractivity contribution in [2.45, 2.75) is 19.4 Å². The topological polar surface area (TPSA) is 66.9 Å². The second kappa shape index (κ2) is 7.40. The van der Waals surface area contributed by atoms with E-state index < -0.39 is 0 Å². The monoisotopic (exact) mass is 371 g/mol. The predicted molar refractivity (Wildman–Crippen MR) is 108 cm³/mol. The lowest BCUT2D eigenvalue weighted by molar-refractivity contribution is 0.327. The van der Waals surface area contributed by atoms with Gasteiger partial charge in [-0.1, -0.05) is 6.07 Å². The molecular formula is C22H21N5O. The lowest BCUT2D eigenvalue weighted by Gasteiger charge is -2.14. The van der Waals surface area contributed by atoms with Gasteiger partial charge in [-0.3, -0.25) is 15.0 Å². The van der Waals surface area contributed by atoms with Crippen LogP contribution in [0.3, 0.4) is 0 Å². The second-order valence-corrected chi connectivity index (χ2v) is 7.10. The highest BCUT2D eigenvalue weighted by atomic mass is 16.5. The van der Waals surface area contributed by atoms with Crippen molar-refractivity contribution in [1.29, 1.82) is 0 Å². The summed E-state index contributed by atoms with van der Waals surface area (Å²) in [7, 11) is 0. The zero-order chi connectivity index (χ0) is 18.8. The van der Waals surface area contributed by atoms with Crippen LogP contribution in [0.2, 0.25) is 0 Å². The average Bonchev–Trinajstić information content (AvgIpc) is 3.43. The van der Waals surface area contributed by atoms with Crippen molar-refractivity contribution in [2.24, 2.45) is 0 Å². The number of hydrogen-bond acceptors (Lipinski definition) is 5. The van der Waals surface area contributed by atoms with Gasteiger partial charge in [-0.25, -0.2) is 4.98 Å². The average molecular weight is 371 g/mol. The SMILES string of the molecule is c1cc(-c2ccc(Oc3ccc4nc(CN5CCCC5)ccc4c3)nc2)[nH]n1. The smallest absolute Gasteiger partial charge is 0.219 e. The van der Waals surface area contributed by atoms with Crippen LogP contribution in [0.5, 0.6) is 11.6 Å². The van der Waals surface area contributed by atoms with Crippen LogP contribution in [0, 0.1) is 0 Å². The summed E-state index contributed by atoms with van der Waals surface area (Å²) in [6.07, 6.45) is 6.09. The number of pyridine rings is 2. The van der Waals surface area contributed by atoms with Gasteiger partial charge in [0.1, 0.15) is 5.75 Å². The molecule has 140 valence electrons. The summed E-state index contributed by atoms with van der Waals surface area (Å²) in [6, 6.07) is 15.9. The number of nitrogens with zero attached hydrogens (tertiary/aromatic N) is 4. The Bertz CT molecular complexity index is 1070. The lowest BCUT2D eigenvalue weighted by Crippen LogP contribution is -2.19. The number of likely N-dealkylation sites (tertiary alicyclic amines) is 1. The third-order valence-electron chi connectivity index (χ3n) is 5.07.